The van der Waals surface area contributed by atoms with E-state index in [1.165, 1.54) is 32.1 Å². The van der Waals surface area contributed by atoms with Gasteiger partial charge in [-0.1, -0.05) is 44.9 Å². The van der Waals surface area contributed by atoms with E-state index in [0.717, 1.165) is 18.0 Å². The summed E-state index contributed by atoms with van der Waals surface area (Å²) in [6, 6.07) is 7.27. The molecule has 0 bridgehead atoms. The molecule has 3 nitrogen and oxygen atoms in total. The van der Waals surface area contributed by atoms with Crippen LogP contribution in [-0.4, -0.2) is 17.6 Å². The van der Waals surface area contributed by atoms with Crippen LogP contribution in [0.15, 0.2) is 24.3 Å². The first kappa shape index (κ1) is 16.0. The zero-order valence-corrected chi connectivity index (χ0v) is 13.2. The van der Waals surface area contributed by atoms with E-state index in [-0.39, 0.29) is 0 Å². The molecule has 3 heteroatoms. The molecule has 0 amide bonds. The summed E-state index contributed by atoms with van der Waals surface area (Å²) in [5.41, 5.74) is 1.71. The van der Waals surface area contributed by atoms with E-state index in [1.807, 2.05) is 12.1 Å². The molecule has 1 aliphatic rings. The Morgan fingerprint density at radius 3 is 2.57 bits per heavy atom. The normalized spacial score (nSPS) is 17.3. The van der Waals surface area contributed by atoms with Crippen LogP contribution in [0.5, 0.6) is 0 Å². The molecule has 0 spiro atoms. The van der Waals surface area contributed by atoms with Gasteiger partial charge in [-0.25, -0.2) is 4.79 Å². The monoisotopic (exact) mass is 289 g/mol. The lowest BCUT2D eigenvalue weighted by Gasteiger charge is -2.31. The van der Waals surface area contributed by atoms with Crippen molar-refractivity contribution in [2.24, 2.45) is 11.3 Å². The minimum absolute atomic E-state index is 0.411. The third kappa shape index (κ3) is 4.31. The standard InChI is InChI=1S/C18H27NO2/c1-14(2)11-18(9-5-6-10-18)13-19-12-15-7-3-4-8-16(15)17(20)21/h3-4,7-8,14,19H,5-6,9-13H2,1-2H3,(H,20,21). The largest absolute Gasteiger partial charge is 0.478 e. The number of rotatable bonds is 7. The summed E-state index contributed by atoms with van der Waals surface area (Å²) in [4.78, 5) is 11.2. The van der Waals surface area contributed by atoms with Crippen molar-refractivity contribution in [1.82, 2.24) is 5.32 Å². The summed E-state index contributed by atoms with van der Waals surface area (Å²) in [7, 11) is 0. The lowest BCUT2D eigenvalue weighted by molar-refractivity contribution is 0.0695. The molecule has 1 aromatic carbocycles. The molecule has 21 heavy (non-hydrogen) atoms. The number of carbonyl (C=O) groups is 1. The first-order valence-electron chi connectivity index (χ1n) is 8.04. The van der Waals surface area contributed by atoms with Crippen LogP contribution in [0.1, 0.15) is 61.9 Å². The number of nitrogens with one attached hydrogen (secondary N) is 1. The van der Waals surface area contributed by atoms with Crippen LogP contribution in [-0.2, 0) is 6.54 Å². The van der Waals surface area contributed by atoms with Crippen molar-refractivity contribution < 1.29 is 9.90 Å². The Bertz CT molecular complexity index is 476. The summed E-state index contributed by atoms with van der Waals surface area (Å²) < 4.78 is 0. The molecule has 0 radical (unpaired) electrons. The van der Waals surface area contributed by atoms with E-state index < -0.39 is 5.97 Å². The average molecular weight is 289 g/mol. The zero-order chi connectivity index (χ0) is 15.3. The van der Waals surface area contributed by atoms with Crippen molar-refractivity contribution in [2.45, 2.75) is 52.5 Å². The lowest BCUT2D eigenvalue weighted by atomic mass is 9.78. The molecule has 0 unspecified atom stereocenters. The van der Waals surface area contributed by atoms with E-state index in [0.29, 0.717) is 17.5 Å². The van der Waals surface area contributed by atoms with Gasteiger partial charge in [0.1, 0.15) is 0 Å². The summed E-state index contributed by atoms with van der Waals surface area (Å²) in [6.45, 7) is 6.22. The molecule has 2 rings (SSSR count). The van der Waals surface area contributed by atoms with E-state index >= 15 is 0 Å². The summed E-state index contributed by atoms with van der Waals surface area (Å²) in [6.07, 6.45) is 6.54. The predicted octanol–water partition coefficient (Wildman–Crippen LogP) is 4.08. The van der Waals surface area contributed by atoms with Crippen LogP contribution in [0, 0.1) is 11.3 Å². The van der Waals surface area contributed by atoms with Gasteiger partial charge < -0.3 is 10.4 Å². The molecule has 1 fully saturated rings. The molecule has 2 N–H and O–H groups in total. The Hall–Kier alpha value is -1.35. The van der Waals surface area contributed by atoms with E-state index in [2.05, 4.69) is 19.2 Å². The van der Waals surface area contributed by atoms with Gasteiger partial charge >= 0.3 is 5.97 Å². The molecule has 1 saturated carbocycles. The molecule has 0 heterocycles. The highest BCUT2D eigenvalue weighted by Crippen LogP contribution is 2.42. The molecule has 0 aromatic heterocycles. The molecule has 1 aromatic rings. The molecule has 116 valence electrons. The minimum Gasteiger partial charge on any atom is -0.478 e. The molecule has 0 atom stereocenters. The Morgan fingerprint density at radius 2 is 1.95 bits per heavy atom. The third-order valence-corrected chi connectivity index (χ3v) is 4.57. The predicted molar refractivity (Wildman–Crippen MR) is 85.5 cm³/mol. The van der Waals surface area contributed by atoms with Crippen molar-refractivity contribution in [1.29, 1.82) is 0 Å². The fraction of sp³-hybridized carbons (Fsp3) is 0.611. The van der Waals surface area contributed by atoms with E-state index in [9.17, 15) is 9.90 Å². The molecule has 0 aliphatic heterocycles. The van der Waals surface area contributed by atoms with Crippen molar-refractivity contribution >= 4 is 5.97 Å². The number of hydrogen-bond donors (Lipinski definition) is 2. The first-order chi connectivity index (χ1) is 10.0. The number of carboxylic acid groups (broad SMARTS) is 1. The molecular weight excluding hydrogens is 262 g/mol. The second kappa shape index (κ2) is 7.08. The van der Waals surface area contributed by atoms with Gasteiger partial charge in [0.25, 0.3) is 0 Å². The molecule has 1 aliphatic carbocycles. The SMILES string of the molecule is CC(C)CC1(CNCc2ccccc2C(=O)O)CCCC1. The van der Waals surface area contributed by atoms with Crippen LogP contribution >= 0.6 is 0 Å². The molecular formula is C18H27NO2. The second-order valence-electron chi connectivity index (χ2n) is 6.87. The van der Waals surface area contributed by atoms with Crippen LogP contribution in [0.2, 0.25) is 0 Å². The van der Waals surface area contributed by atoms with Crippen molar-refractivity contribution in [3.63, 3.8) is 0 Å². The van der Waals surface area contributed by atoms with Gasteiger partial charge in [-0.05, 0) is 42.2 Å². The Kier molecular flexibility index (Phi) is 5.40. The van der Waals surface area contributed by atoms with Gasteiger partial charge in [-0.2, -0.15) is 0 Å². The highest BCUT2D eigenvalue weighted by molar-refractivity contribution is 5.89. The number of benzene rings is 1. The quantitative estimate of drug-likeness (QED) is 0.795. The van der Waals surface area contributed by atoms with Gasteiger partial charge in [0, 0.05) is 13.1 Å². The molecule has 0 saturated heterocycles. The van der Waals surface area contributed by atoms with Gasteiger partial charge in [-0.3, -0.25) is 0 Å². The van der Waals surface area contributed by atoms with Gasteiger partial charge in [0.15, 0.2) is 0 Å². The Morgan fingerprint density at radius 1 is 1.29 bits per heavy atom. The van der Waals surface area contributed by atoms with E-state index in [4.69, 9.17) is 0 Å². The second-order valence-corrected chi connectivity index (χ2v) is 6.87. The number of hydrogen-bond acceptors (Lipinski definition) is 2. The lowest BCUT2D eigenvalue weighted by Crippen LogP contribution is -2.33. The minimum atomic E-state index is -0.842. The maximum Gasteiger partial charge on any atom is 0.336 e. The summed E-state index contributed by atoms with van der Waals surface area (Å²) >= 11 is 0. The smallest absolute Gasteiger partial charge is 0.336 e. The highest BCUT2D eigenvalue weighted by Gasteiger charge is 2.33. The van der Waals surface area contributed by atoms with Crippen LogP contribution in [0.3, 0.4) is 0 Å². The van der Waals surface area contributed by atoms with Gasteiger partial charge in [0.2, 0.25) is 0 Å². The fourth-order valence-corrected chi connectivity index (χ4v) is 3.79. The Balaban J connectivity index is 1.95. The summed E-state index contributed by atoms with van der Waals surface area (Å²) in [5, 5.41) is 12.7. The average Bonchev–Trinajstić information content (AvgIpc) is 2.87. The fourth-order valence-electron chi connectivity index (χ4n) is 3.79. The Labute approximate surface area is 127 Å². The first-order valence-corrected chi connectivity index (χ1v) is 8.04. The van der Waals surface area contributed by atoms with Gasteiger partial charge in [-0.15, -0.1) is 0 Å². The van der Waals surface area contributed by atoms with Crippen molar-refractivity contribution in [3.05, 3.63) is 35.4 Å². The maximum atomic E-state index is 11.2. The number of carboxylic acids is 1. The van der Waals surface area contributed by atoms with Crippen molar-refractivity contribution in [3.8, 4) is 0 Å². The number of aromatic carboxylic acids is 1. The van der Waals surface area contributed by atoms with Crippen LogP contribution < -0.4 is 5.32 Å². The van der Waals surface area contributed by atoms with Gasteiger partial charge in [0.05, 0.1) is 5.56 Å². The highest BCUT2D eigenvalue weighted by atomic mass is 16.4. The zero-order valence-electron chi connectivity index (χ0n) is 13.2. The third-order valence-electron chi connectivity index (χ3n) is 4.57. The summed E-state index contributed by atoms with van der Waals surface area (Å²) in [5.74, 6) is -0.124. The van der Waals surface area contributed by atoms with Crippen molar-refractivity contribution in [2.75, 3.05) is 6.54 Å². The topological polar surface area (TPSA) is 49.3 Å². The van der Waals surface area contributed by atoms with Crippen LogP contribution in [0.25, 0.3) is 0 Å². The maximum absolute atomic E-state index is 11.2. The van der Waals surface area contributed by atoms with Crippen LogP contribution in [0.4, 0.5) is 0 Å². The van der Waals surface area contributed by atoms with E-state index in [1.54, 1.807) is 12.1 Å².